The molecule has 2 amide bonds. The summed E-state index contributed by atoms with van der Waals surface area (Å²) in [5.74, 6) is 0. The highest BCUT2D eigenvalue weighted by Crippen LogP contribution is 2.30. The number of carbonyl (C=O) groups excluding carboxylic acids is 1. The van der Waals surface area contributed by atoms with Gasteiger partial charge in [0.05, 0.1) is 22.4 Å². The predicted octanol–water partition coefficient (Wildman–Crippen LogP) is 5.29. The third-order valence-electron chi connectivity index (χ3n) is 5.07. The van der Waals surface area contributed by atoms with Gasteiger partial charge in [-0.2, -0.15) is 0 Å². The molecule has 0 bridgehead atoms. The first-order chi connectivity index (χ1) is 15.2. The highest BCUT2D eigenvalue weighted by molar-refractivity contribution is 6.02. The maximum Gasteiger partial charge on any atom is 0.326 e. The number of rotatable bonds is 4. The second-order valence-electron chi connectivity index (χ2n) is 7.12. The second kappa shape index (κ2) is 7.79. The summed E-state index contributed by atoms with van der Waals surface area (Å²) >= 11 is 0. The van der Waals surface area contributed by atoms with E-state index in [0.29, 0.717) is 11.2 Å². The Hall–Kier alpha value is -4.39. The predicted molar refractivity (Wildman–Crippen MR) is 123 cm³/mol. The number of aromatic nitrogens is 4. The van der Waals surface area contributed by atoms with Gasteiger partial charge in [-0.15, -0.1) is 0 Å². The molecule has 0 aliphatic rings. The van der Waals surface area contributed by atoms with Gasteiger partial charge in [0, 0.05) is 30.8 Å². The highest BCUT2D eigenvalue weighted by Gasteiger charge is 2.16. The number of nitrogens with zero attached hydrogens (tertiary/aromatic N) is 3. The molecule has 0 spiro atoms. The largest absolute Gasteiger partial charge is 0.360 e. The molecule has 0 aliphatic heterocycles. The zero-order valence-electron chi connectivity index (χ0n) is 16.8. The van der Waals surface area contributed by atoms with Gasteiger partial charge in [0.2, 0.25) is 0 Å². The maximum atomic E-state index is 12.7. The van der Waals surface area contributed by atoms with Crippen LogP contribution in [0, 0.1) is 0 Å². The molecule has 152 valence electrons. The molecule has 0 aliphatic carbocycles. The monoisotopic (exact) mass is 408 g/mol. The van der Waals surface area contributed by atoms with Gasteiger partial charge in [0.25, 0.3) is 0 Å². The minimum absolute atomic E-state index is 0.230. The van der Waals surface area contributed by atoms with E-state index in [0.717, 1.165) is 34.0 Å². The third kappa shape index (κ3) is 3.64. The number of nitrogens with one attached hydrogen (secondary N) is 3. The van der Waals surface area contributed by atoms with Gasteiger partial charge in [0.15, 0.2) is 0 Å². The average Bonchev–Trinajstić information content (AvgIpc) is 3.52. The average molecular weight is 408 g/mol. The summed E-state index contributed by atoms with van der Waals surface area (Å²) in [6.07, 6.45) is 3.72. The smallest absolute Gasteiger partial charge is 0.326 e. The summed E-state index contributed by atoms with van der Waals surface area (Å²) < 4.78 is 0. The summed E-state index contributed by atoms with van der Waals surface area (Å²) in [4.78, 5) is 30.4. The fourth-order valence-corrected chi connectivity index (χ4v) is 3.44. The molecule has 0 unspecified atom stereocenters. The Morgan fingerprint density at radius 2 is 1.45 bits per heavy atom. The van der Waals surface area contributed by atoms with Gasteiger partial charge in [-0.3, -0.25) is 4.90 Å². The number of H-pyrrole nitrogens is 2. The Balaban J connectivity index is 1.51. The topological polar surface area (TPSA) is 89.7 Å². The molecule has 5 aromatic rings. The molecule has 0 radical (unpaired) electrons. The number of carbonyl (C=O) groups is 1. The normalized spacial score (nSPS) is 10.9. The zero-order chi connectivity index (χ0) is 21.2. The zero-order valence-corrected chi connectivity index (χ0v) is 16.8. The van der Waals surface area contributed by atoms with Gasteiger partial charge < -0.3 is 15.3 Å². The van der Waals surface area contributed by atoms with Crippen LogP contribution in [-0.4, -0.2) is 33.0 Å². The van der Waals surface area contributed by atoms with Gasteiger partial charge in [0.1, 0.15) is 11.4 Å². The van der Waals surface area contributed by atoms with E-state index in [1.165, 1.54) is 0 Å². The van der Waals surface area contributed by atoms with Crippen molar-refractivity contribution in [3.63, 3.8) is 0 Å². The number of hydrogen-bond donors (Lipinski definition) is 3. The lowest BCUT2D eigenvalue weighted by Gasteiger charge is -2.18. The van der Waals surface area contributed by atoms with Crippen molar-refractivity contribution in [2.75, 3.05) is 17.3 Å². The highest BCUT2D eigenvalue weighted by atomic mass is 16.2. The SMILES string of the molecule is CN(C(=O)Nc1ccc2nc(-c3ccc[nH]3)c(-c3ccc[nH]3)nc2c1)c1ccccc1. The number of anilines is 2. The fraction of sp³-hybridized carbons (Fsp3) is 0.0417. The van der Waals surface area contributed by atoms with Crippen molar-refractivity contribution in [1.82, 2.24) is 19.9 Å². The minimum Gasteiger partial charge on any atom is -0.360 e. The number of urea groups is 1. The van der Waals surface area contributed by atoms with Crippen LogP contribution in [0.4, 0.5) is 16.2 Å². The van der Waals surface area contributed by atoms with E-state index in [4.69, 9.17) is 9.97 Å². The van der Waals surface area contributed by atoms with Crippen LogP contribution in [0.25, 0.3) is 33.8 Å². The van der Waals surface area contributed by atoms with Crippen molar-refractivity contribution in [3.05, 3.63) is 85.2 Å². The first-order valence-corrected chi connectivity index (χ1v) is 9.88. The molecule has 0 saturated carbocycles. The van der Waals surface area contributed by atoms with Crippen molar-refractivity contribution in [2.24, 2.45) is 0 Å². The van der Waals surface area contributed by atoms with Crippen molar-refractivity contribution in [1.29, 1.82) is 0 Å². The summed E-state index contributed by atoms with van der Waals surface area (Å²) in [7, 11) is 1.73. The van der Waals surface area contributed by atoms with Crippen molar-refractivity contribution in [2.45, 2.75) is 0 Å². The number of fused-ring (bicyclic) bond motifs is 1. The van der Waals surface area contributed by atoms with Crippen LogP contribution in [0.15, 0.2) is 85.2 Å². The standard InChI is InChI=1S/C24H20N6O/c1-30(17-7-3-2-4-8-17)24(31)27-16-11-12-18-21(15-16)29-23(20-10-6-14-26-20)22(28-18)19-9-5-13-25-19/h2-15,25-26H,1H3,(H,27,31). The van der Waals surface area contributed by atoms with E-state index >= 15 is 0 Å². The molecule has 3 aromatic heterocycles. The molecule has 2 aromatic carbocycles. The Kier molecular flexibility index (Phi) is 4.68. The van der Waals surface area contributed by atoms with Crippen molar-refractivity contribution >= 4 is 28.4 Å². The van der Waals surface area contributed by atoms with Gasteiger partial charge in [-0.25, -0.2) is 14.8 Å². The van der Waals surface area contributed by atoms with Crippen LogP contribution in [-0.2, 0) is 0 Å². The Morgan fingerprint density at radius 3 is 2.06 bits per heavy atom. The van der Waals surface area contributed by atoms with Gasteiger partial charge in [-0.05, 0) is 54.6 Å². The summed E-state index contributed by atoms with van der Waals surface area (Å²) in [5, 5.41) is 2.93. The number of hydrogen-bond acceptors (Lipinski definition) is 3. The van der Waals surface area contributed by atoms with E-state index in [2.05, 4.69) is 15.3 Å². The van der Waals surface area contributed by atoms with Gasteiger partial charge in [-0.1, -0.05) is 18.2 Å². The number of benzene rings is 2. The fourth-order valence-electron chi connectivity index (χ4n) is 3.44. The molecule has 31 heavy (non-hydrogen) atoms. The lowest BCUT2D eigenvalue weighted by molar-refractivity contribution is 0.258. The van der Waals surface area contributed by atoms with E-state index < -0.39 is 0 Å². The van der Waals surface area contributed by atoms with Crippen molar-refractivity contribution in [3.8, 4) is 22.8 Å². The van der Waals surface area contributed by atoms with Crippen LogP contribution >= 0.6 is 0 Å². The second-order valence-corrected chi connectivity index (χ2v) is 7.12. The van der Waals surface area contributed by atoms with E-state index in [-0.39, 0.29) is 6.03 Å². The van der Waals surface area contributed by atoms with Crippen LogP contribution in [0.5, 0.6) is 0 Å². The number of aromatic amines is 2. The Bertz CT molecular complexity index is 1330. The van der Waals surface area contributed by atoms with E-state index in [1.807, 2.05) is 85.2 Å². The molecule has 0 atom stereocenters. The number of para-hydroxylation sites is 1. The first kappa shape index (κ1) is 18.6. The van der Waals surface area contributed by atoms with Crippen LogP contribution in [0.2, 0.25) is 0 Å². The molecule has 3 N–H and O–H groups in total. The molecule has 3 heterocycles. The van der Waals surface area contributed by atoms with Crippen LogP contribution in [0.1, 0.15) is 0 Å². The van der Waals surface area contributed by atoms with Crippen molar-refractivity contribution < 1.29 is 4.79 Å². The minimum atomic E-state index is -0.230. The lowest BCUT2D eigenvalue weighted by Crippen LogP contribution is -2.31. The lowest BCUT2D eigenvalue weighted by atomic mass is 10.1. The maximum absolute atomic E-state index is 12.7. The quantitative estimate of drug-likeness (QED) is 0.377. The van der Waals surface area contributed by atoms with Gasteiger partial charge >= 0.3 is 6.03 Å². The molecule has 5 rings (SSSR count). The molecule has 0 saturated heterocycles. The summed E-state index contributed by atoms with van der Waals surface area (Å²) in [6, 6.07) is 22.6. The third-order valence-corrected chi connectivity index (χ3v) is 5.07. The summed E-state index contributed by atoms with van der Waals surface area (Å²) in [6.45, 7) is 0. The molecule has 0 fully saturated rings. The summed E-state index contributed by atoms with van der Waals surface area (Å²) in [5.41, 5.74) is 6.17. The van der Waals surface area contributed by atoms with Crippen LogP contribution in [0.3, 0.4) is 0 Å². The Morgan fingerprint density at radius 1 is 0.806 bits per heavy atom. The first-order valence-electron chi connectivity index (χ1n) is 9.88. The Labute approximate surface area is 178 Å². The molecular formula is C24H20N6O. The molecular weight excluding hydrogens is 388 g/mol. The van der Waals surface area contributed by atoms with E-state index in [1.54, 1.807) is 11.9 Å². The van der Waals surface area contributed by atoms with Crippen LogP contribution < -0.4 is 10.2 Å². The van der Waals surface area contributed by atoms with E-state index in [9.17, 15) is 4.79 Å². The number of amides is 2. The molecule has 7 heteroatoms. The molecule has 7 nitrogen and oxygen atoms in total.